The Bertz CT molecular complexity index is 1370. The molecule has 1 aromatic carbocycles. The van der Waals surface area contributed by atoms with Crippen LogP contribution in [0.2, 0.25) is 0 Å². The summed E-state index contributed by atoms with van der Waals surface area (Å²) in [5.41, 5.74) is 5.40. The van der Waals surface area contributed by atoms with Gasteiger partial charge in [-0.25, -0.2) is 4.98 Å². The van der Waals surface area contributed by atoms with E-state index in [1.807, 2.05) is 25.1 Å². The third-order valence-electron chi connectivity index (χ3n) is 5.73. The number of anilines is 1. The molecule has 168 valence electrons. The molecule has 9 heteroatoms. The molecule has 33 heavy (non-hydrogen) atoms. The topological polar surface area (TPSA) is 131 Å². The van der Waals surface area contributed by atoms with Crippen LogP contribution < -0.4 is 16.2 Å². The molecular formula is C24H25N7O2. The second kappa shape index (κ2) is 8.87. The highest BCUT2D eigenvalue weighted by atomic mass is 16.3. The van der Waals surface area contributed by atoms with Crippen LogP contribution in [0.3, 0.4) is 0 Å². The van der Waals surface area contributed by atoms with Crippen LogP contribution in [0, 0.1) is 6.92 Å². The van der Waals surface area contributed by atoms with E-state index < -0.39 is 0 Å². The monoisotopic (exact) mass is 443 g/mol. The zero-order valence-corrected chi connectivity index (χ0v) is 18.2. The van der Waals surface area contributed by atoms with Crippen LogP contribution in [-0.2, 0) is 6.42 Å². The van der Waals surface area contributed by atoms with Crippen LogP contribution in [-0.4, -0.2) is 56.6 Å². The number of hydrogen-bond acceptors (Lipinski definition) is 7. The molecule has 5 rings (SSSR count). The number of H-pyrrole nitrogens is 2. The van der Waals surface area contributed by atoms with E-state index in [1.54, 1.807) is 24.7 Å². The molecule has 0 unspecified atom stereocenters. The maximum atomic E-state index is 12.9. The Morgan fingerprint density at radius 3 is 2.82 bits per heavy atom. The standard InChI is InChI=1S/C24H25N7O2/c1-14-10-16(22-26-8-9-27-22)12-19-21(14)31-23(30-19)20-18(4-7-28-24(20)33)29-17(13-32)11-15-2-5-25-6-3-15/h2-7,10,12,17,32H,8-9,11,13H2,1H3,(H,26,27)(H,30,31)(H2,28,29,33)/t17-/m0/s1. The third kappa shape index (κ3) is 4.22. The Labute approximate surface area is 190 Å². The van der Waals surface area contributed by atoms with Crippen LogP contribution in [0.1, 0.15) is 16.7 Å². The summed E-state index contributed by atoms with van der Waals surface area (Å²) in [5, 5.41) is 16.6. The van der Waals surface area contributed by atoms with Gasteiger partial charge in [-0.3, -0.25) is 14.8 Å². The van der Waals surface area contributed by atoms with Gasteiger partial charge in [-0.1, -0.05) is 0 Å². The number of aliphatic imine (C=N–C) groups is 1. The minimum absolute atomic E-state index is 0.0910. The summed E-state index contributed by atoms with van der Waals surface area (Å²) in [7, 11) is 0. The van der Waals surface area contributed by atoms with E-state index in [4.69, 9.17) is 4.98 Å². The summed E-state index contributed by atoms with van der Waals surface area (Å²) in [5.74, 6) is 1.34. The number of aromatic amines is 2. The van der Waals surface area contributed by atoms with Gasteiger partial charge in [-0.15, -0.1) is 0 Å². The molecule has 5 N–H and O–H groups in total. The number of nitrogens with zero attached hydrogens (tertiary/aromatic N) is 3. The minimum atomic E-state index is -0.280. The Kier molecular flexibility index (Phi) is 5.62. The Morgan fingerprint density at radius 1 is 1.21 bits per heavy atom. The normalized spacial score (nSPS) is 14.2. The molecule has 0 saturated carbocycles. The van der Waals surface area contributed by atoms with E-state index in [2.05, 4.69) is 36.6 Å². The van der Waals surface area contributed by atoms with Gasteiger partial charge < -0.3 is 25.7 Å². The number of amidine groups is 1. The zero-order valence-electron chi connectivity index (χ0n) is 18.2. The first-order valence-electron chi connectivity index (χ1n) is 10.9. The summed E-state index contributed by atoms with van der Waals surface area (Å²) in [4.78, 5) is 32.2. The van der Waals surface area contributed by atoms with Gasteiger partial charge in [-0.2, -0.15) is 0 Å². The molecule has 0 aliphatic carbocycles. The van der Waals surface area contributed by atoms with Crippen LogP contribution in [0.5, 0.6) is 0 Å². The SMILES string of the molecule is Cc1cc(C2=NCCN2)cc2[nH]c(-c3c(N[C@H](CO)Cc4ccncc4)cc[nH]c3=O)nc12. The summed E-state index contributed by atoms with van der Waals surface area (Å²) in [6.07, 6.45) is 5.62. The number of imidazole rings is 1. The molecule has 0 bridgehead atoms. The fourth-order valence-corrected chi connectivity index (χ4v) is 4.16. The number of aromatic nitrogens is 4. The predicted molar refractivity (Wildman–Crippen MR) is 129 cm³/mol. The molecule has 0 radical (unpaired) electrons. The molecule has 0 saturated heterocycles. The molecule has 1 atom stereocenters. The van der Waals surface area contributed by atoms with Gasteiger partial charge in [0.15, 0.2) is 0 Å². The molecule has 0 amide bonds. The van der Waals surface area contributed by atoms with Crippen LogP contribution >= 0.6 is 0 Å². The van der Waals surface area contributed by atoms with Crippen molar-refractivity contribution in [3.05, 3.63) is 76.0 Å². The van der Waals surface area contributed by atoms with Crippen LogP contribution in [0.15, 0.2) is 58.7 Å². The number of hydrogen-bond donors (Lipinski definition) is 5. The quantitative estimate of drug-likeness (QED) is 0.297. The average Bonchev–Trinajstić information content (AvgIpc) is 3.50. The van der Waals surface area contributed by atoms with E-state index in [9.17, 15) is 9.90 Å². The van der Waals surface area contributed by atoms with Gasteiger partial charge in [0.25, 0.3) is 5.56 Å². The average molecular weight is 444 g/mol. The van der Waals surface area contributed by atoms with Gasteiger partial charge in [-0.05, 0) is 54.8 Å². The number of benzene rings is 1. The molecule has 0 fully saturated rings. The van der Waals surface area contributed by atoms with Gasteiger partial charge in [0, 0.05) is 30.7 Å². The minimum Gasteiger partial charge on any atom is -0.394 e. The summed E-state index contributed by atoms with van der Waals surface area (Å²) in [6, 6.07) is 9.37. The highest BCUT2D eigenvalue weighted by Gasteiger charge is 2.19. The number of aryl methyl sites for hydroxylation is 1. The zero-order chi connectivity index (χ0) is 22.8. The molecule has 3 aromatic heterocycles. The number of nitrogens with one attached hydrogen (secondary N) is 4. The molecular weight excluding hydrogens is 418 g/mol. The van der Waals surface area contributed by atoms with E-state index >= 15 is 0 Å². The van der Waals surface area contributed by atoms with Gasteiger partial charge in [0.1, 0.15) is 17.2 Å². The van der Waals surface area contributed by atoms with E-state index in [1.165, 1.54) is 0 Å². The molecule has 0 spiro atoms. The summed E-state index contributed by atoms with van der Waals surface area (Å²) < 4.78 is 0. The number of aliphatic hydroxyl groups is 1. The Hall–Kier alpha value is -3.98. The first kappa shape index (κ1) is 20.9. The molecule has 1 aliphatic rings. The maximum absolute atomic E-state index is 12.9. The number of pyridine rings is 2. The number of rotatable bonds is 7. The predicted octanol–water partition coefficient (Wildman–Crippen LogP) is 1.99. The Balaban J connectivity index is 1.51. The number of aliphatic hydroxyl groups excluding tert-OH is 1. The lowest BCUT2D eigenvalue weighted by atomic mass is 10.1. The van der Waals surface area contributed by atoms with Crippen molar-refractivity contribution in [1.29, 1.82) is 0 Å². The van der Waals surface area contributed by atoms with Crippen molar-refractivity contribution in [3.63, 3.8) is 0 Å². The van der Waals surface area contributed by atoms with Crippen molar-refractivity contribution in [2.75, 3.05) is 25.0 Å². The van der Waals surface area contributed by atoms with E-state index in [-0.39, 0.29) is 18.2 Å². The first-order chi connectivity index (χ1) is 16.1. The molecule has 1 aliphatic heterocycles. The lowest BCUT2D eigenvalue weighted by Crippen LogP contribution is -2.28. The molecule has 4 aromatic rings. The van der Waals surface area contributed by atoms with Crippen LogP contribution in [0.4, 0.5) is 5.69 Å². The molecule has 9 nitrogen and oxygen atoms in total. The third-order valence-corrected chi connectivity index (χ3v) is 5.73. The first-order valence-corrected chi connectivity index (χ1v) is 10.9. The fourth-order valence-electron chi connectivity index (χ4n) is 4.16. The van der Waals surface area contributed by atoms with E-state index in [0.717, 1.165) is 46.6 Å². The van der Waals surface area contributed by atoms with Gasteiger partial charge >= 0.3 is 0 Å². The second-order valence-corrected chi connectivity index (χ2v) is 8.11. The van der Waals surface area contributed by atoms with Crippen molar-refractivity contribution in [1.82, 2.24) is 25.3 Å². The maximum Gasteiger partial charge on any atom is 0.261 e. The van der Waals surface area contributed by atoms with E-state index in [0.29, 0.717) is 23.5 Å². The van der Waals surface area contributed by atoms with Crippen LogP contribution in [0.25, 0.3) is 22.4 Å². The van der Waals surface area contributed by atoms with Crippen molar-refractivity contribution >= 4 is 22.6 Å². The van der Waals surface area contributed by atoms with Crippen molar-refractivity contribution < 1.29 is 5.11 Å². The number of fused-ring (bicyclic) bond motifs is 1. The second-order valence-electron chi connectivity index (χ2n) is 8.11. The smallest absolute Gasteiger partial charge is 0.261 e. The Morgan fingerprint density at radius 2 is 2.06 bits per heavy atom. The molecule has 4 heterocycles. The summed E-state index contributed by atoms with van der Waals surface area (Å²) in [6.45, 7) is 3.50. The fraction of sp³-hybridized carbons (Fsp3) is 0.250. The van der Waals surface area contributed by atoms with Crippen molar-refractivity contribution in [2.24, 2.45) is 4.99 Å². The van der Waals surface area contributed by atoms with Gasteiger partial charge in [0.05, 0.1) is 35.9 Å². The lowest BCUT2D eigenvalue weighted by Gasteiger charge is -2.19. The lowest BCUT2D eigenvalue weighted by molar-refractivity contribution is 0.273. The highest BCUT2D eigenvalue weighted by molar-refractivity contribution is 6.03. The largest absolute Gasteiger partial charge is 0.394 e. The van der Waals surface area contributed by atoms with Crippen molar-refractivity contribution in [2.45, 2.75) is 19.4 Å². The highest BCUT2D eigenvalue weighted by Crippen LogP contribution is 2.27. The van der Waals surface area contributed by atoms with Crippen molar-refractivity contribution in [3.8, 4) is 11.4 Å². The summed E-state index contributed by atoms with van der Waals surface area (Å²) >= 11 is 0. The van der Waals surface area contributed by atoms with Gasteiger partial charge in [0.2, 0.25) is 0 Å².